The second kappa shape index (κ2) is 6.06. The maximum Gasteiger partial charge on any atom is 0.329 e. The minimum absolute atomic E-state index is 0.268. The molecule has 0 spiro atoms. The number of amides is 2. The minimum Gasteiger partial charge on any atom is -0.480 e. The Balaban J connectivity index is 2.00. The molecule has 1 heterocycles. The van der Waals surface area contributed by atoms with E-state index in [0.29, 0.717) is 18.7 Å². The number of rotatable bonds is 4. The highest BCUT2D eigenvalue weighted by atomic mass is 16.4. The fourth-order valence-electron chi connectivity index (χ4n) is 2.78. The van der Waals surface area contributed by atoms with Crippen LogP contribution in [-0.4, -0.2) is 43.3 Å². The van der Waals surface area contributed by atoms with Crippen LogP contribution in [0.4, 0.5) is 4.79 Å². The molecule has 9 heteroatoms. The van der Waals surface area contributed by atoms with Gasteiger partial charge in [-0.2, -0.15) is 5.21 Å². The number of aromatic amines is 1. The Kier molecular flexibility index (Phi) is 4.39. The first-order valence-corrected chi connectivity index (χ1v) is 6.98. The summed E-state index contributed by atoms with van der Waals surface area (Å²) < 4.78 is 0. The Labute approximate surface area is 121 Å². The number of hydrogen-bond acceptors (Lipinski definition) is 5. The molecule has 1 aromatic rings. The summed E-state index contributed by atoms with van der Waals surface area (Å²) in [5, 5.41) is 28.0. The second-order valence-corrected chi connectivity index (χ2v) is 5.68. The lowest BCUT2D eigenvalue weighted by atomic mass is 9.76. The quantitative estimate of drug-likeness (QED) is 0.642. The number of tetrazole rings is 1. The summed E-state index contributed by atoms with van der Waals surface area (Å²) in [5.74, 6) is -0.382. The molecule has 2 amide bonds. The number of aliphatic carboxylic acids is 1. The summed E-state index contributed by atoms with van der Waals surface area (Å²) in [4.78, 5) is 23.7. The van der Waals surface area contributed by atoms with Crippen LogP contribution in [-0.2, 0) is 4.79 Å². The zero-order chi connectivity index (χ0) is 15.5. The third kappa shape index (κ3) is 3.47. The number of aromatic nitrogens is 4. The van der Waals surface area contributed by atoms with Crippen molar-refractivity contribution in [1.29, 1.82) is 0 Å². The van der Waals surface area contributed by atoms with Crippen molar-refractivity contribution in [3.63, 3.8) is 0 Å². The van der Waals surface area contributed by atoms with Crippen molar-refractivity contribution in [3.05, 3.63) is 5.82 Å². The number of H-pyrrole nitrogens is 1. The van der Waals surface area contributed by atoms with Crippen LogP contribution in [0, 0.1) is 5.92 Å². The Morgan fingerprint density at radius 1 is 1.52 bits per heavy atom. The molecule has 1 aliphatic carbocycles. The van der Waals surface area contributed by atoms with Crippen LogP contribution >= 0.6 is 0 Å². The van der Waals surface area contributed by atoms with E-state index >= 15 is 0 Å². The third-order valence-corrected chi connectivity index (χ3v) is 3.86. The molecule has 1 aliphatic rings. The molecular formula is C12H20N6O3. The maximum absolute atomic E-state index is 12.1. The molecule has 21 heavy (non-hydrogen) atoms. The number of nitrogens with zero attached hydrogens (tertiary/aromatic N) is 3. The average molecular weight is 296 g/mol. The number of carboxylic acid groups (broad SMARTS) is 1. The lowest BCUT2D eigenvalue weighted by Gasteiger charge is -2.37. The van der Waals surface area contributed by atoms with Gasteiger partial charge >= 0.3 is 12.0 Å². The van der Waals surface area contributed by atoms with E-state index in [1.54, 1.807) is 6.92 Å². The highest BCUT2D eigenvalue weighted by Crippen LogP contribution is 2.32. The van der Waals surface area contributed by atoms with Crippen LogP contribution in [0.25, 0.3) is 0 Å². The van der Waals surface area contributed by atoms with Gasteiger partial charge in [0.2, 0.25) is 0 Å². The van der Waals surface area contributed by atoms with Crippen LogP contribution in [0.5, 0.6) is 0 Å². The Morgan fingerprint density at radius 3 is 2.86 bits per heavy atom. The molecule has 1 aromatic heterocycles. The van der Waals surface area contributed by atoms with Crippen molar-refractivity contribution in [3.8, 4) is 0 Å². The fourth-order valence-corrected chi connectivity index (χ4v) is 2.78. The molecule has 3 unspecified atom stereocenters. The lowest BCUT2D eigenvalue weighted by Crippen LogP contribution is -2.59. The highest BCUT2D eigenvalue weighted by molar-refractivity contribution is 5.86. The molecule has 9 nitrogen and oxygen atoms in total. The third-order valence-electron chi connectivity index (χ3n) is 3.86. The smallest absolute Gasteiger partial charge is 0.329 e. The first kappa shape index (κ1) is 15.2. The SMILES string of the molecule is CC1CCCC(NC(=O)NC(C)c2nn[nH]n2)(C(=O)O)C1. The number of nitrogens with one attached hydrogen (secondary N) is 3. The Bertz CT molecular complexity index is 505. The predicted octanol–water partition coefficient (Wildman–Crippen LogP) is 0.593. The van der Waals surface area contributed by atoms with Gasteiger partial charge < -0.3 is 15.7 Å². The van der Waals surface area contributed by atoms with E-state index in [1.807, 2.05) is 6.92 Å². The highest BCUT2D eigenvalue weighted by Gasteiger charge is 2.43. The molecule has 0 radical (unpaired) electrons. The van der Waals surface area contributed by atoms with E-state index < -0.39 is 23.6 Å². The van der Waals surface area contributed by atoms with Gasteiger partial charge in [0.1, 0.15) is 5.54 Å². The van der Waals surface area contributed by atoms with Gasteiger partial charge in [-0.1, -0.05) is 25.0 Å². The van der Waals surface area contributed by atoms with E-state index in [1.165, 1.54) is 0 Å². The summed E-state index contributed by atoms with van der Waals surface area (Å²) in [6, 6.07) is -1.00. The second-order valence-electron chi connectivity index (χ2n) is 5.68. The van der Waals surface area contributed by atoms with Crippen LogP contribution < -0.4 is 10.6 Å². The lowest BCUT2D eigenvalue weighted by molar-refractivity contribution is -0.146. The molecule has 116 valence electrons. The molecule has 3 atom stereocenters. The molecular weight excluding hydrogens is 276 g/mol. The first-order chi connectivity index (χ1) is 9.93. The molecule has 1 saturated carbocycles. The predicted molar refractivity (Wildman–Crippen MR) is 72.3 cm³/mol. The summed E-state index contributed by atoms with van der Waals surface area (Å²) in [6.07, 6.45) is 2.65. The Hall–Kier alpha value is -2.19. The zero-order valence-electron chi connectivity index (χ0n) is 12.1. The molecule has 0 aromatic carbocycles. The largest absolute Gasteiger partial charge is 0.480 e. The van der Waals surface area contributed by atoms with Crippen LogP contribution in [0.15, 0.2) is 0 Å². The van der Waals surface area contributed by atoms with Gasteiger partial charge in [-0.25, -0.2) is 9.59 Å². The fraction of sp³-hybridized carbons (Fsp3) is 0.750. The van der Waals surface area contributed by atoms with E-state index in [4.69, 9.17) is 0 Å². The number of hydrogen-bond donors (Lipinski definition) is 4. The van der Waals surface area contributed by atoms with Gasteiger partial charge in [-0.3, -0.25) is 0 Å². The van der Waals surface area contributed by atoms with Crippen LogP contribution in [0.3, 0.4) is 0 Å². The van der Waals surface area contributed by atoms with Gasteiger partial charge in [0.05, 0.1) is 6.04 Å². The van der Waals surface area contributed by atoms with Crippen molar-refractivity contribution in [2.24, 2.45) is 5.92 Å². The summed E-state index contributed by atoms with van der Waals surface area (Å²) in [6.45, 7) is 3.69. The van der Waals surface area contributed by atoms with Crippen molar-refractivity contribution in [2.75, 3.05) is 0 Å². The van der Waals surface area contributed by atoms with Crippen molar-refractivity contribution < 1.29 is 14.7 Å². The summed E-state index contributed by atoms with van der Waals surface area (Å²) >= 11 is 0. The normalized spacial score (nSPS) is 26.9. The number of carboxylic acids is 1. The monoisotopic (exact) mass is 296 g/mol. The van der Waals surface area contributed by atoms with Crippen molar-refractivity contribution in [2.45, 2.75) is 51.1 Å². The molecule has 0 saturated heterocycles. The van der Waals surface area contributed by atoms with Gasteiger partial charge in [0.15, 0.2) is 5.82 Å². The molecule has 1 fully saturated rings. The number of urea groups is 1. The van der Waals surface area contributed by atoms with Crippen molar-refractivity contribution in [1.82, 2.24) is 31.3 Å². The van der Waals surface area contributed by atoms with Crippen LogP contribution in [0.2, 0.25) is 0 Å². The topological polar surface area (TPSA) is 133 Å². The van der Waals surface area contributed by atoms with E-state index in [-0.39, 0.29) is 5.92 Å². The van der Waals surface area contributed by atoms with Gasteiger partial charge in [0.25, 0.3) is 0 Å². The summed E-state index contributed by atoms with van der Waals surface area (Å²) in [7, 11) is 0. The summed E-state index contributed by atoms with van der Waals surface area (Å²) in [5.41, 5.74) is -1.20. The first-order valence-electron chi connectivity index (χ1n) is 6.98. The average Bonchev–Trinajstić information content (AvgIpc) is 2.92. The number of carbonyl (C=O) groups is 2. The number of carbonyl (C=O) groups excluding carboxylic acids is 1. The van der Waals surface area contributed by atoms with Gasteiger partial charge in [-0.05, 0) is 25.7 Å². The van der Waals surface area contributed by atoms with E-state index in [9.17, 15) is 14.7 Å². The zero-order valence-corrected chi connectivity index (χ0v) is 12.1. The van der Waals surface area contributed by atoms with Gasteiger partial charge in [0, 0.05) is 0 Å². The minimum atomic E-state index is -1.20. The van der Waals surface area contributed by atoms with Crippen molar-refractivity contribution >= 4 is 12.0 Å². The molecule has 2 rings (SSSR count). The molecule has 0 aliphatic heterocycles. The van der Waals surface area contributed by atoms with Crippen LogP contribution in [0.1, 0.15) is 51.4 Å². The van der Waals surface area contributed by atoms with E-state index in [0.717, 1.165) is 12.8 Å². The molecule has 0 bridgehead atoms. The van der Waals surface area contributed by atoms with Gasteiger partial charge in [-0.15, -0.1) is 10.2 Å². The molecule has 4 N–H and O–H groups in total. The maximum atomic E-state index is 12.1. The standard InChI is InChI=1S/C12H20N6O3/c1-7-4-3-5-12(6-7,10(19)20)14-11(21)13-8(2)9-15-17-18-16-9/h7-8H,3-6H2,1-2H3,(H,19,20)(H2,13,14,21)(H,15,16,17,18). The Morgan fingerprint density at radius 2 is 2.29 bits per heavy atom. The van der Waals surface area contributed by atoms with E-state index in [2.05, 4.69) is 31.3 Å².